The number of rotatable bonds is 2. The molecule has 0 saturated heterocycles. The maximum atomic E-state index is 8.57. The Balaban J connectivity index is 3.10. The van der Waals surface area contributed by atoms with Crippen molar-refractivity contribution in [3.05, 3.63) is 23.0 Å². The Hall–Kier alpha value is -2.07. The molecule has 0 spiro atoms. The molecular formula is C10H10N4. The zero-order chi connectivity index (χ0) is 10.6. The first-order valence-electron chi connectivity index (χ1n) is 4.27. The van der Waals surface area contributed by atoms with Crippen molar-refractivity contribution in [1.29, 1.82) is 10.5 Å². The monoisotopic (exact) mass is 186 g/mol. The third kappa shape index (κ3) is 1.99. The van der Waals surface area contributed by atoms with Gasteiger partial charge in [0.1, 0.15) is 17.7 Å². The number of aromatic nitrogens is 2. The molecule has 1 aromatic heterocycles. The summed E-state index contributed by atoms with van der Waals surface area (Å²) in [5.74, 6) is 0. The van der Waals surface area contributed by atoms with Crippen LogP contribution in [0.1, 0.15) is 18.2 Å². The molecule has 0 radical (unpaired) electrons. The second kappa shape index (κ2) is 4.25. The summed E-state index contributed by atoms with van der Waals surface area (Å²) < 4.78 is 1.77. The molecule has 4 nitrogen and oxygen atoms in total. The van der Waals surface area contributed by atoms with Gasteiger partial charge in [-0.3, -0.25) is 4.68 Å². The molecule has 0 unspecified atom stereocenters. The molecule has 0 aliphatic rings. The summed E-state index contributed by atoms with van der Waals surface area (Å²) in [4.78, 5) is 0. The highest BCUT2D eigenvalue weighted by Crippen LogP contribution is 2.10. The maximum absolute atomic E-state index is 8.57. The van der Waals surface area contributed by atoms with Crippen molar-refractivity contribution in [3.8, 4) is 12.1 Å². The highest BCUT2D eigenvalue weighted by molar-refractivity contribution is 5.62. The Labute approximate surface area is 82.7 Å². The van der Waals surface area contributed by atoms with Crippen molar-refractivity contribution in [1.82, 2.24) is 9.78 Å². The van der Waals surface area contributed by atoms with Crippen molar-refractivity contribution >= 4 is 6.08 Å². The van der Waals surface area contributed by atoms with Gasteiger partial charge in [-0.25, -0.2) is 0 Å². The molecule has 0 N–H and O–H groups in total. The molecule has 0 aromatic carbocycles. The van der Waals surface area contributed by atoms with E-state index in [1.165, 1.54) is 0 Å². The van der Waals surface area contributed by atoms with Crippen molar-refractivity contribution in [2.24, 2.45) is 0 Å². The number of nitriles is 2. The topological polar surface area (TPSA) is 65.4 Å². The Morgan fingerprint density at radius 1 is 1.57 bits per heavy atom. The molecule has 0 amide bonds. The van der Waals surface area contributed by atoms with Crippen molar-refractivity contribution < 1.29 is 0 Å². The summed E-state index contributed by atoms with van der Waals surface area (Å²) in [6.45, 7) is 4.61. The SMILES string of the molecule is CCn1cc(C=C(C#N)C#N)c(C)n1. The molecule has 0 saturated carbocycles. The van der Waals surface area contributed by atoms with Gasteiger partial charge in [-0.1, -0.05) is 0 Å². The molecule has 1 rings (SSSR count). The molecule has 0 fully saturated rings. The summed E-state index contributed by atoms with van der Waals surface area (Å²) in [5.41, 5.74) is 1.75. The van der Waals surface area contributed by atoms with Gasteiger partial charge in [-0.15, -0.1) is 0 Å². The van der Waals surface area contributed by atoms with E-state index in [2.05, 4.69) is 5.10 Å². The van der Waals surface area contributed by atoms with E-state index in [0.29, 0.717) is 0 Å². The van der Waals surface area contributed by atoms with Crippen LogP contribution in [0.3, 0.4) is 0 Å². The Bertz CT molecular complexity index is 424. The second-order valence-corrected chi connectivity index (χ2v) is 2.81. The molecule has 0 aliphatic carbocycles. The van der Waals surface area contributed by atoms with Gasteiger partial charge in [0.25, 0.3) is 0 Å². The van der Waals surface area contributed by atoms with Gasteiger partial charge < -0.3 is 0 Å². The molecule has 0 aliphatic heterocycles. The van der Waals surface area contributed by atoms with Crippen LogP contribution in [0, 0.1) is 29.6 Å². The van der Waals surface area contributed by atoms with Crippen LogP contribution in [0.5, 0.6) is 0 Å². The standard InChI is InChI=1S/C10H10N4/c1-3-14-7-10(8(2)13-14)4-9(5-11)6-12/h4,7H,3H2,1-2H3. The molecule has 1 aromatic rings. The van der Waals surface area contributed by atoms with Crippen molar-refractivity contribution in [2.45, 2.75) is 20.4 Å². The lowest BCUT2D eigenvalue weighted by atomic mass is 10.2. The van der Waals surface area contributed by atoms with Crippen LogP contribution < -0.4 is 0 Å². The highest BCUT2D eigenvalue weighted by atomic mass is 15.3. The smallest absolute Gasteiger partial charge is 0.130 e. The predicted octanol–water partition coefficient (Wildman–Crippen LogP) is 1.64. The molecule has 4 heteroatoms. The van der Waals surface area contributed by atoms with Gasteiger partial charge in [0.2, 0.25) is 0 Å². The van der Waals surface area contributed by atoms with E-state index in [4.69, 9.17) is 10.5 Å². The molecule has 1 heterocycles. The number of hydrogen-bond acceptors (Lipinski definition) is 3. The van der Waals surface area contributed by atoms with Crippen molar-refractivity contribution in [2.75, 3.05) is 0 Å². The fraction of sp³-hybridized carbons (Fsp3) is 0.300. The Morgan fingerprint density at radius 3 is 2.64 bits per heavy atom. The summed E-state index contributed by atoms with van der Waals surface area (Å²) >= 11 is 0. The number of allylic oxidation sites excluding steroid dienone is 1. The maximum Gasteiger partial charge on any atom is 0.130 e. The van der Waals surface area contributed by atoms with Crippen LogP contribution in [0.2, 0.25) is 0 Å². The van der Waals surface area contributed by atoms with Gasteiger partial charge in [0.15, 0.2) is 0 Å². The van der Waals surface area contributed by atoms with E-state index in [-0.39, 0.29) is 5.57 Å². The number of aryl methyl sites for hydroxylation is 2. The van der Waals surface area contributed by atoms with E-state index >= 15 is 0 Å². The Kier molecular flexibility index (Phi) is 3.04. The van der Waals surface area contributed by atoms with E-state index in [0.717, 1.165) is 17.8 Å². The zero-order valence-corrected chi connectivity index (χ0v) is 8.15. The summed E-state index contributed by atoms with van der Waals surface area (Å²) in [5, 5.41) is 21.4. The molecule has 14 heavy (non-hydrogen) atoms. The third-order valence-corrected chi connectivity index (χ3v) is 1.85. The van der Waals surface area contributed by atoms with Crippen LogP contribution in [-0.2, 0) is 6.54 Å². The van der Waals surface area contributed by atoms with E-state index < -0.39 is 0 Å². The van der Waals surface area contributed by atoms with Crippen LogP contribution in [0.4, 0.5) is 0 Å². The average Bonchev–Trinajstić information content (AvgIpc) is 2.56. The second-order valence-electron chi connectivity index (χ2n) is 2.81. The minimum Gasteiger partial charge on any atom is -0.272 e. The van der Waals surface area contributed by atoms with E-state index in [9.17, 15) is 0 Å². The minimum absolute atomic E-state index is 0.101. The van der Waals surface area contributed by atoms with E-state index in [1.54, 1.807) is 10.8 Å². The van der Waals surface area contributed by atoms with Crippen LogP contribution >= 0.6 is 0 Å². The average molecular weight is 186 g/mol. The quantitative estimate of drug-likeness (QED) is 0.659. The normalized spacial score (nSPS) is 8.86. The fourth-order valence-corrected chi connectivity index (χ4v) is 1.08. The molecule has 0 bridgehead atoms. The molecule has 0 atom stereocenters. The van der Waals surface area contributed by atoms with Crippen LogP contribution in [0.25, 0.3) is 6.08 Å². The summed E-state index contributed by atoms with van der Waals surface area (Å²) in [6.07, 6.45) is 3.37. The summed E-state index contributed by atoms with van der Waals surface area (Å²) in [6, 6.07) is 3.64. The number of nitrogens with zero attached hydrogens (tertiary/aromatic N) is 4. The number of hydrogen-bond donors (Lipinski definition) is 0. The lowest BCUT2D eigenvalue weighted by molar-refractivity contribution is 0.653. The first-order chi connectivity index (χ1) is 6.71. The zero-order valence-electron chi connectivity index (χ0n) is 8.15. The minimum atomic E-state index is 0.101. The molecular weight excluding hydrogens is 176 g/mol. The van der Waals surface area contributed by atoms with Gasteiger partial charge in [0.05, 0.1) is 5.69 Å². The van der Waals surface area contributed by atoms with Gasteiger partial charge in [0, 0.05) is 18.3 Å². The van der Waals surface area contributed by atoms with Gasteiger partial charge in [-0.2, -0.15) is 15.6 Å². The van der Waals surface area contributed by atoms with Crippen LogP contribution in [0.15, 0.2) is 11.8 Å². The first kappa shape index (κ1) is 10.0. The molecule has 70 valence electrons. The predicted molar refractivity (Wildman–Crippen MR) is 51.8 cm³/mol. The van der Waals surface area contributed by atoms with Gasteiger partial charge in [-0.05, 0) is 19.9 Å². The Morgan fingerprint density at radius 2 is 2.21 bits per heavy atom. The summed E-state index contributed by atoms with van der Waals surface area (Å²) in [7, 11) is 0. The largest absolute Gasteiger partial charge is 0.272 e. The lowest BCUT2D eigenvalue weighted by Crippen LogP contribution is -1.93. The van der Waals surface area contributed by atoms with Gasteiger partial charge >= 0.3 is 0 Å². The fourth-order valence-electron chi connectivity index (χ4n) is 1.08. The third-order valence-electron chi connectivity index (χ3n) is 1.85. The lowest BCUT2D eigenvalue weighted by Gasteiger charge is -1.89. The highest BCUT2D eigenvalue weighted by Gasteiger charge is 2.02. The van der Waals surface area contributed by atoms with E-state index in [1.807, 2.05) is 32.2 Å². The van der Waals surface area contributed by atoms with Crippen LogP contribution in [-0.4, -0.2) is 9.78 Å². The first-order valence-corrected chi connectivity index (χ1v) is 4.27. The van der Waals surface area contributed by atoms with Crippen molar-refractivity contribution in [3.63, 3.8) is 0 Å².